The van der Waals surface area contributed by atoms with E-state index in [2.05, 4.69) is 15.3 Å². The van der Waals surface area contributed by atoms with Crippen LogP contribution in [0.2, 0.25) is 0 Å². The van der Waals surface area contributed by atoms with Gasteiger partial charge < -0.3 is 29.6 Å². The maximum Gasteiger partial charge on any atom is 0.407 e. The van der Waals surface area contributed by atoms with E-state index in [4.69, 9.17) is 14.5 Å². The fraction of sp³-hybridized carbons (Fsp3) is 0.513. The third kappa shape index (κ3) is 8.83. The van der Waals surface area contributed by atoms with E-state index in [-0.39, 0.29) is 48.8 Å². The highest BCUT2D eigenvalue weighted by Gasteiger charge is 2.38. The van der Waals surface area contributed by atoms with Crippen molar-refractivity contribution in [1.29, 1.82) is 0 Å². The number of aromatic nitrogens is 4. The number of benzene rings is 1. The van der Waals surface area contributed by atoms with Gasteiger partial charge in [0.25, 0.3) is 0 Å². The molecule has 0 unspecified atom stereocenters. The van der Waals surface area contributed by atoms with Gasteiger partial charge in [-0.15, -0.1) is 0 Å². The molecule has 1 aromatic carbocycles. The number of alkyl carbamates (subject to hydrolysis) is 1. The lowest BCUT2D eigenvalue weighted by Crippen LogP contribution is -2.51. The molecule has 3 atom stereocenters. The second-order valence-corrected chi connectivity index (χ2v) is 16.3. The van der Waals surface area contributed by atoms with Gasteiger partial charge in [0, 0.05) is 31.9 Å². The third-order valence-electron chi connectivity index (χ3n) is 9.79. The summed E-state index contributed by atoms with van der Waals surface area (Å²) in [5.41, 5.74) is 2.84. The summed E-state index contributed by atoms with van der Waals surface area (Å²) in [6, 6.07) is 6.70. The average Bonchev–Trinajstić information content (AvgIpc) is 3.96. The van der Waals surface area contributed by atoms with Crippen LogP contribution in [-0.2, 0) is 35.1 Å². The number of aromatic amines is 1. The molecule has 3 aromatic heterocycles. The van der Waals surface area contributed by atoms with Crippen LogP contribution in [0.3, 0.4) is 0 Å². The summed E-state index contributed by atoms with van der Waals surface area (Å²) in [7, 11) is 1.28. The number of imidazole rings is 2. The van der Waals surface area contributed by atoms with E-state index in [9.17, 15) is 24.0 Å². The monoisotopic (exact) mass is 759 g/mol. The molecule has 3 amide bonds. The van der Waals surface area contributed by atoms with Crippen molar-refractivity contribution in [1.82, 2.24) is 34.5 Å². The molecule has 0 spiro atoms. The topological polar surface area (TPSA) is 168 Å². The summed E-state index contributed by atoms with van der Waals surface area (Å²) in [5.74, 6) is -0.233. The van der Waals surface area contributed by atoms with Gasteiger partial charge >= 0.3 is 12.1 Å². The highest BCUT2D eigenvalue weighted by molar-refractivity contribution is 7.20. The fourth-order valence-corrected chi connectivity index (χ4v) is 8.15. The second kappa shape index (κ2) is 16.1. The van der Waals surface area contributed by atoms with Crippen molar-refractivity contribution in [3.63, 3.8) is 0 Å². The number of ketones is 1. The molecule has 6 rings (SSSR count). The molecule has 0 bridgehead atoms. The molecular formula is C39H49N7O7S. The van der Waals surface area contributed by atoms with Crippen LogP contribution in [0.25, 0.3) is 26.7 Å². The number of Topliss-reactive ketones (excluding diaryl/α,β-unsaturated/α-hetero) is 1. The Bertz CT molecular complexity index is 1980. The van der Waals surface area contributed by atoms with Gasteiger partial charge in [-0.2, -0.15) is 0 Å². The number of rotatable bonds is 12. The number of nitrogens with one attached hydrogen (secondary N) is 2. The van der Waals surface area contributed by atoms with Crippen molar-refractivity contribution >= 4 is 46.0 Å². The number of H-pyrrole nitrogens is 1. The van der Waals surface area contributed by atoms with E-state index in [0.717, 1.165) is 45.9 Å². The summed E-state index contributed by atoms with van der Waals surface area (Å²) < 4.78 is 12.0. The third-order valence-corrected chi connectivity index (χ3v) is 10.8. The summed E-state index contributed by atoms with van der Waals surface area (Å²) in [6.07, 6.45) is 8.10. The summed E-state index contributed by atoms with van der Waals surface area (Å²) in [5, 5.41) is 2.68. The summed E-state index contributed by atoms with van der Waals surface area (Å²) in [6.45, 7) is 10.2. The van der Waals surface area contributed by atoms with Crippen LogP contribution in [0.1, 0.15) is 90.7 Å². The lowest BCUT2D eigenvalue weighted by molar-refractivity contribution is -0.156. The first-order valence-corrected chi connectivity index (χ1v) is 19.3. The van der Waals surface area contributed by atoms with Gasteiger partial charge in [0.05, 0.1) is 54.5 Å². The van der Waals surface area contributed by atoms with Gasteiger partial charge in [0.2, 0.25) is 11.8 Å². The minimum Gasteiger partial charge on any atom is -0.460 e. The number of methoxy groups -OCH3 is 1. The number of fused-ring (bicyclic) bond motifs is 1. The van der Waals surface area contributed by atoms with Crippen molar-refractivity contribution in [2.75, 3.05) is 20.2 Å². The van der Waals surface area contributed by atoms with Gasteiger partial charge in [-0.3, -0.25) is 23.6 Å². The molecule has 288 valence electrons. The highest BCUT2D eigenvalue weighted by Crippen LogP contribution is 2.34. The number of carbonyl (C=O) groups excluding carboxylic acids is 5. The molecule has 14 nitrogen and oxygen atoms in total. The lowest BCUT2D eigenvalue weighted by Gasteiger charge is -2.30. The van der Waals surface area contributed by atoms with Gasteiger partial charge in [0.15, 0.2) is 10.7 Å². The van der Waals surface area contributed by atoms with Crippen LogP contribution >= 0.6 is 11.3 Å². The van der Waals surface area contributed by atoms with Crippen molar-refractivity contribution in [2.24, 2.45) is 5.92 Å². The van der Waals surface area contributed by atoms with E-state index < -0.39 is 29.7 Å². The number of amides is 3. The maximum absolute atomic E-state index is 13.5. The lowest BCUT2D eigenvalue weighted by atomic mass is 10.0. The Labute approximate surface area is 318 Å². The molecule has 54 heavy (non-hydrogen) atoms. The molecule has 2 aliphatic heterocycles. The molecule has 2 N–H and O–H groups in total. The van der Waals surface area contributed by atoms with Crippen LogP contribution in [0.5, 0.6) is 0 Å². The largest absolute Gasteiger partial charge is 0.460 e. The quantitative estimate of drug-likeness (QED) is 0.172. The van der Waals surface area contributed by atoms with Gasteiger partial charge in [-0.1, -0.05) is 49.4 Å². The van der Waals surface area contributed by atoms with Crippen LogP contribution in [0, 0.1) is 5.92 Å². The molecule has 0 radical (unpaired) electrons. The summed E-state index contributed by atoms with van der Waals surface area (Å²) >= 11 is 1.52. The number of ether oxygens (including phenoxy) is 2. The van der Waals surface area contributed by atoms with Crippen molar-refractivity contribution in [3.05, 3.63) is 54.4 Å². The Balaban J connectivity index is 1.06. The van der Waals surface area contributed by atoms with Crippen LogP contribution in [0.4, 0.5) is 4.79 Å². The SMILES string of the molecule is COC(=O)N[C@H](C(=O)N1CCC[C@H]1c1ncc(-c2ccc(-c3cn4cc(CC(=O)[C@@H]5CCCN5C(=O)CCC(=O)OC(C)(C)C)nc4s3)cc2)[nH]1)C(C)C. The second-order valence-electron chi connectivity index (χ2n) is 15.3. The molecule has 2 saturated heterocycles. The number of esters is 1. The first-order chi connectivity index (χ1) is 25.7. The van der Waals surface area contributed by atoms with E-state index >= 15 is 0 Å². The van der Waals surface area contributed by atoms with Gasteiger partial charge in [0.1, 0.15) is 17.5 Å². The molecule has 15 heteroatoms. The molecule has 5 heterocycles. The zero-order valence-corrected chi connectivity index (χ0v) is 32.5. The smallest absolute Gasteiger partial charge is 0.407 e. The van der Waals surface area contributed by atoms with Crippen molar-refractivity contribution in [2.45, 2.75) is 103 Å². The Morgan fingerprint density at radius 1 is 0.981 bits per heavy atom. The van der Waals surface area contributed by atoms with Gasteiger partial charge in [-0.05, 0) is 63.5 Å². The van der Waals surface area contributed by atoms with Crippen molar-refractivity contribution in [3.8, 4) is 21.7 Å². The predicted molar refractivity (Wildman–Crippen MR) is 202 cm³/mol. The minimum atomic E-state index is -0.696. The zero-order chi connectivity index (χ0) is 38.7. The van der Waals surface area contributed by atoms with E-state index in [1.165, 1.54) is 18.4 Å². The minimum absolute atomic E-state index is 0.0124. The Hall–Kier alpha value is -5.05. The number of carbonyl (C=O) groups is 5. The fourth-order valence-electron chi connectivity index (χ4n) is 7.16. The first-order valence-electron chi connectivity index (χ1n) is 18.5. The Kier molecular flexibility index (Phi) is 11.5. The first kappa shape index (κ1) is 38.7. The highest BCUT2D eigenvalue weighted by atomic mass is 32.1. The van der Waals surface area contributed by atoms with Crippen LogP contribution in [0.15, 0.2) is 42.9 Å². The van der Waals surface area contributed by atoms with E-state index in [1.54, 1.807) is 36.8 Å². The molecule has 2 aliphatic rings. The molecule has 0 saturated carbocycles. The number of hydrogen-bond acceptors (Lipinski definition) is 10. The molecular weight excluding hydrogens is 711 g/mol. The molecule has 2 fully saturated rings. The standard InChI is InChI=1S/C39H49N7O7S/c1-23(2)34(43-38(51)52-6)36(50)46-18-8-10-29(46)35-40-20-27(42-35)24-11-13-25(14-12-24)31-22-44-21-26(41-37(44)54-31)19-30(47)28-9-7-17-45(28)32(48)15-16-33(49)53-39(3,4)5/h11-14,20-23,28-29,34H,7-10,15-19H2,1-6H3,(H,40,42)(H,43,51)/t28-,29-,34-/m0/s1. The maximum atomic E-state index is 13.5. The number of likely N-dealkylation sites (tertiary alicyclic amines) is 2. The average molecular weight is 760 g/mol. The number of nitrogens with zero attached hydrogens (tertiary/aromatic N) is 5. The van der Waals surface area contributed by atoms with Crippen molar-refractivity contribution < 1.29 is 33.4 Å². The molecule has 4 aromatic rings. The Morgan fingerprint density at radius 3 is 2.37 bits per heavy atom. The summed E-state index contributed by atoms with van der Waals surface area (Å²) in [4.78, 5) is 81.8. The predicted octanol–water partition coefficient (Wildman–Crippen LogP) is 5.72. The van der Waals surface area contributed by atoms with Gasteiger partial charge in [-0.25, -0.2) is 14.8 Å². The Morgan fingerprint density at radius 2 is 1.69 bits per heavy atom. The molecule has 0 aliphatic carbocycles. The zero-order valence-electron chi connectivity index (χ0n) is 31.7. The van der Waals surface area contributed by atoms with Crippen LogP contribution in [-0.4, -0.2) is 96.7 Å². The van der Waals surface area contributed by atoms with E-state index in [1.807, 2.05) is 54.9 Å². The van der Waals surface area contributed by atoms with Crippen LogP contribution < -0.4 is 5.32 Å². The normalized spacial score (nSPS) is 18.0. The number of thiazole rings is 1. The number of hydrogen-bond donors (Lipinski definition) is 2. The van der Waals surface area contributed by atoms with E-state index in [0.29, 0.717) is 31.0 Å².